The number of hydrazine groups is 1. The van der Waals surface area contributed by atoms with Gasteiger partial charge in [-0.05, 0) is 42.3 Å². The number of para-hydroxylation sites is 1. The Labute approximate surface area is 197 Å². The first-order valence-electron chi connectivity index (χ1n) is 10.4. The van der Waals surface area contributed by atoms with Crippen LogP contribution in [0.5, 0.6) is 5.75 Å². The highest BCUT2D eigenvalue weighted by atomic mass is 35.5. The van der Waals surface area contributed by atoms with E-state index in [4.69, 9.17) is 16.3 Å². The minimum Gasteiger partial charge on any atom is -0.483 e. The van der Waals surface area contributed by atoms with Crippen molar-refractivity contribution in [3.63, 3.8) is 0 Å². The molecule has 0 aliphatic heterocycles. The first-order valence-corrected chi connectivity index (χ1v) is 10.8. The van der Waals surface area contributed by atoms with Crippen LogP contribution < -0.4 is 20.9 Å². The van der Waals surface area contributed by atoms with E-state index >= 15 is 0 Å². The van der Waals surface area contributed by atoms with Crippen molar-refractivity contribution in [3.8, 4) is 16.9 Å². The second-order valence-corrected chi connectivity index (χ2v) is 7.55. The average molecular weight is 466 g/mol. The van der Waals surface area contributed by atoms with Gasteiger partial charge in [-0.1, -0.05) is 60.1 Å². The molecule has 0 bridgehead atoms. The Morgan fingerprint density at radius 2 is 1.45 bits per heavy atom. The Hall–Kier alpha value is -3.84. The summed E-state index contributed by atoms with van der Waals surface area (Å²) < 4.78 is 5.64. The molecule has 7 nitrogen and oxygen atoms in total. The van der Waals surface area contributed by atoms with Crippen LogP contribution in [0, 0.1) is 0 Å². The summed E-state index contributed by atoms with van der Waals surface area (Å²) in [5.41, 5.74) is 7.01. The van der Waals surface area contributed by atoms with E-state index in [-0.39, 0.29) is 24.8 Å². The molecule has 3 aromatic carbocycles. The number of halogens is 1. The molecule has 0 fully saturated rings. The van der Waals surface area contributed by atoms with Crippen LogP contribution in [0.3, 0.4) is 0 Å². The normalized spacial score (nSPS) is 10.2. The Kier molecular flexibility index (Phi) is 8.85. The molecule has 0 saturated heterocycles. The lowest BCUT2D eigenvalue weighted by Crippen LogP contribution is -2.44. The van der Waals surface area contributed by atoms with Crippen molar-refractivity contribution in [3.05, 3.63) is 89.4 Å². The number of carbonyl (C=O) groups excluding carboxylic acids is 3. The van der Waals surface area contributed by atoms with Gasteiger partial charge in [0.05, 0.1) is 0 Å². The molecule has 3 aromatic rings. The molecule has 0 aliphatic carbocycles. The van der Waals surface area contributed by atoms with Crippen molar-refractivity contribution in [1.82, 2.24) is 16.2 Å². The molecule has 3 amide bonds. The van der Waals surface area contributed by atoms with E-state index in [9.17, 15) is 14.4 Å². The van der Waals surface area contributed by atoms with Crippen molar-refractivity contribution in [1.29, 1.82) is 0 Å². The maximum absolute atomic E-state index is 12.1. The third-order valence-corrected chi connectivity index (χ3v) is 4.90. The molecule has 0 aliphatic rings. The Morgan fingerprint density at radius 3 is 2.21 bits per heavy atom. The van der Waals surface area contributed by atoms with Crippen molar-refractivity contribution >= 4 is 29.3 Å². The van der Waals surface area contributed by atoms with Gasteiger partial charge in [0.15, 0.2) is 6.61 Å². The molecular weight excluding hydrogens is 442 g/mol. The van der Waals surface area contributed by atoms with Crippen LogP contribution in [0.4, 0.5) is 0 Å². The minimum atomic E-state index is -0.484. The molecule has 0 spiro atoms. The van der Waals surface area contributed by atoms with Crippen LogP contribution in [0.2, 0.25) is 5.02 Å². The van der Waals surface area contributed by atoms with E-state index in [2.05, 4.69) is 16.2 Å². The van der Waals surface area contributed by atoms with Crippen molar-refractivity contribution in [2.75, 3.05) is 13.2 Å². The quantitative estimate of drug-likeness (QED) is 0.331. The van der Waals surface area contributed by atoms with Crippen molar-refractivity contribution < 1.29 is 19.1 Å². The smallest absolute Gasteiger partial charge is 0.276 e. The van der Waals surface area contributed by atoms with Gasteiger partial charge in [0.25, 0.3) is 11.8 Å². The summed E-state index contributed by atoms with van der Waals surface area (Å²) in [5.74, 6) is -0.522. The van der Waals surface area contributed by atoms with Crippen LogP contribution >= 0.6 is 11.6 Å². The molecule has 3 rings (SSSR count). The third-order valence-electron chi connectivity index (χ3n) is 4.64. The van der Waals surface area contributed by atoms with Gasteiger partial charge in [-0.3, -0.25) is 25.2 Å². The SMILES string of the molecule is O=C(CCCNC(=O)c1ccc(Cl)cc1)NNC(=O)COc1ccccc1-c1ccccc1. The van der Waals surface area contributed by atoms with Gasteiger partial charge in [0.1, 0.15) is 5.75 Å². The van der Waals surface area contributed by atoms with E-state index in [1.54, 1.807) is 30.3 Å². The average Bonchev–Trinajstić information content (AvgIpc) is 2.85. The predicted molar refractivity (Wildman–Crippen MR) is 127 cm³/mol. The zero-order valence-electron chi connectivity index (χ0n) is 17.8. The van der Waals surface area contributed by atoms with Gasteiger partial charge in [-0.15, -0.1) is 0 Å². The van der Waals surface area contributed by atoms with Crippen LogP contribution in [0.25, 0.3) is 11.1 Å². The second-order valence-electron chi connectivity index (χ2n) is 7.11. The summed E-state index contributed by atoms with van der Waals surface area (Å²) in [4.78, 5) is 36.0. The highest BCUT2D eigenvalue weighted by molar-refractivity contribution is 6.30. The number of rotatable bonds is 9. The highest BCUT2D eigenvalue weighted by Gasteiger charge is 2.10. The summed E-state index contributed by atoms with van der Waals surface area (Å²) in [6.07, 6.45) is 0.556. The number of amides is 3. The fourth-order valence-corrected chi connectivity index (χ4v) is 3.11. The fraction of sp³-hybridized carbons (Fsp3) is 0.160. The van der Waals surface area contributed by atoms with Crippen molar-refractivity contribution in [2.45, 2.75) is 12.8 Å². The molecule has 8 heteroatoms. The van der Waals surface area contributed by atoms with Gasteiger partial charge >= 0.3 is 0 Å². The lowest BCUT2D eigenvalue weighted by Gasteiger charge is -2.12. The van der Waals surface area contributed by atoms with E-state index in [1.165, 1.54) is 0 Å². The Balaban J connectivity index is 1.34. The van der Waals surface area contributed by atoms with Crippen LogP contribution in [0.1, 0.15) is 23.2 Å². The number of hydrogen-bond donors (Lipinski definition) is 3. The third kappa shape index (κ3) is 7.66. The molecule has 33 heavy (non-hydrogen) atoms. The summed E-state index contributed by atoms with van der Waals surface area (Å²) in [6.45, 7) is 0.0729. The van der Waals surface area contributed by atoms with Gasteiger partial charge in [0.2, 0.25) is 5.91 Å². The Bertz CT molecular complexity index is 1090. The summed E-state index contributed by atoms with van der Waals surface area (Å²) in [6, 6.07) is 23.6. The number of carbonyl (C=O) groups is 3. The Morgan fingerprint density at radius 1 is 0.788 bits per heavy atom. The molecule has 0 radical (unpaired) electrons. The molecular formula is C25H24ClN3O4. The monoisotopic (exact) mass is 465 g/mol. The summed E-state index contributed by atoms with van der Waals surface area (Å²) >= 11 is 5.80. The number of nitrogens with one attached hydrogen (secondary N) is 3. The molecule has 3 N–H and O–H groups in total. The number of benzene rings is 3. The molecule has 0 aromatic heterocycles. The van der Waals surface area contributed by atoms with E-state index in [0.717, 1.165) is 11.1 Å². The summed E-state index contributed by atoms with van der Waals surface area (Å²) in [7, 11) is 0. The van der Waals surface area contributed by atoms with Gasteiger partial charge < -0.3 is 10.1 Å². The minimum absolute atomic E-state index is 0.138. The van der Waals surface area contributed by atoms with E-state index in [1.807, 2.05) is 48.5 Å². The maximum Gasteiger partial charge on any atom is 0.276 e. The van der Waals surface area contributed by atoms with Crippen LogP contribution in [-0.4, -0.2) is 30.9 Å². The van der Waals surface area contributed by atoms with Gasteiger partial charge in [-0.25, -0.2) is 0 Å². The number of hydrogen-bond acceptors (Lipinski definition) is 4. The van der Waals surface area contributed by atoms with E-state index in [0.29, 0.717) is 29.3 Å². The topological polar surface area (TPSA) is 96.5 Å². The molecule has 0 heterocycles. The van der Waals surface area contributed by atoms with Crippen LogP contribution in [0.15, 0.2) is 78.9 Å². The molecule has 0 saturated carbocycles. The highest BCUT2D eigenvalue weighted by Crippen LogP contribution is 2.29. The molecule has 0 atom stereocenters. The maximum atomic E-state index is 12.1. The van der Waals surface area contributed by atoms with Gasteiger partial charge in [0, 0.05) is 29.1 Å². The lowest BCUT2D eigenvalue weighted by atomic mass is 10.1. The fourth-order valence-electron chi connectivity index (χ4n) is 2.98. The van der Waals surface area contributed by atoms with Gasteiger partial charge in [-0.2, -0.15) is 0 Å². The van der Waals surface area contributed by atoms with Crippen molar-refractivity contribution in [2.24, 2.45) is 0 Å². The predicted octanol–water partition coefficient (Wildman–Crippen LogP) is 3.74. The standard InChI is InChI=1S/C25H24ClN3O4/c26-20-14-12-19(13-15-20)25(32)27-16-6-11-23(30)28-29-24(31)17-33-22-10-5-4-9-21(22)18-7-2-1-3-8-18/h1-5,7-10,12-15H,6,11,16-17H2,(H,27,32)(H,28,30)(H,29,31). The molecule has 0 unspecified atom stereocenters. The lowest BCUT2D eigenvalue weighted by molar-refractivity contribution is -0.130. The first-order chi connectivity index (χ1) is 16.0. The number of ether oxygens (including phenoxy) is 1. The molecule has 170 valence electrons. The first kappa shape index (κ1) is 23.8. The summed E-state index contributed by atoms with van der Waals surface area (Å²) in [5, 5.41) is 3.28. The van der Waals surface area contributed by atoms with E-state index < -0.39 is 5.91 Å². The largest absolute Gasteiger partial charge is 0.483 e. The van der Waals surface area contributed by atoms with Crippen LogP contribution in [-0.2, 0) is 9.59 Å². The second kappa shape index (κ2) is 12.3. The zero-order chi connectivity index (χ0) is 23.5. The zero-order valence-corrected chi connectivity index (χ0v) is 18.6.